The standard InChI is InChI=1S/C16H16FNO3/c17-12-9-11(10-12)16(19)21-8-7-20-15-5-6-18-14-4-2-1-3-13(14)15/h1-6,11-12H,7-10H2. The molecular formula is C16H16FNO3. The molecule has 1 fully saturated rings. The summed E-state index contributed by atoms with van der Waals surface area (Å²) in [4.78, 5) is 15.8. The van der Waals surface area contributed by atoms with Gasteiger partial charge in [0.25, 0.3) is 0 Å². The summed E-state index contributed by atoms with van der Waals surface area (Å²) in [6, 6.07) is 9.45. The van der Waals surface area contributed by atoms with E-state index in [2.05, 4.69) is 4.98 Å². The molecule has 110 valence electrons. The molecule has 1 aromatic carbocycles. The molecule has 0 atom stereocenters. The molecule has 0 amide bonds. The largest absolute Gasteiger partial charge is 0.489 e. The van der Waals surface area contributed by atoms with Gasteiger partial charge in [0.05, 0.1) is 11.4 Å². The lowest BCUT2D eigenvalue weighted by Crippen LogP contribution is -2.33. The first-order valence-corrected chi connectivity index (χ1v) is 7.01. The van der Waals surface area contributed by atoms with Crippen LogP contribution < -0.4 is 4.74 Å². The van der Waals surface area contributed by atoms with E-state index in [9.17, 15) is 9.18 Å². The monoisotopic (exact) mass is 289 g/mol. The average Bonchev–Trinajstić information content (AvgIpc) is 2.48. The van der Waals surface area contributed by atoms with E-state index in [0.29, 0.717) is 5.75 Å². The Morgan fingerprint density at radius 2 is 2.05 bits per heavy atom. The predicted octanol–water partition coefficient (Wildman–Crippen LogP) is 2.90. The second-order valence-electron chi connectivity index (χ2n) is 5.11. The molecule has 1 aromatic heterocycles. The van der Waals surface area contributed by atoms with Gasteiger partial charge in [0.1, 0.15) is 25.1 Å². The van der Waals surface area contributed by atoms with Crippen LogP contribution in [0.4, 0.5) is 4.39 Å². The van der Waals surface area contributed by atoms with Gasteiger partial charge in [0.15, 0.2) is 0 Å². The summed E-state index contributed by atoms with van der Waals surface area (Å²) in [6.07, 6.45) is 1.41. The Morgan fingerprint density at radius 1 is 1.24 bits per heavy atom. The van der Waals surface area contributed by atoms with Crippen LogP contribution in [-0.2, 0) is 9.53 Å². The van der Waals surface area contributed by atoms with Crippen molar-refractivity contribution in [3.8, 4) is 5.75 Å². The van der Waals surface area contributed by atoms with E-state index in [1.54, 1.807) is 12.3 Å². The first kappa shape index (κ1) is 13.8. The number of aromatic nitrogens is 1. The lowest BCUT2D eigenvalue weighted by Gasteiger charge is -2.27. The van der Waals surface area contributed by atoms with Gasteiger partial charge in [-0.1, -0.05) is 12.1 Å². The minimum absolute atomic E-state index is 0.170. The van der Waals surface area contributed by atoms with E-state index in [-0.39, 0.29) is 37.9 Å². The maximum absolute atomic E-state index is 12.6. The van der Waals surface area contributed by atoms with Crippen LogP contribution in [0, 0.1) is 5.92 Å². The van der Waals surface area contributed by atoms with Crippen molar-refractivity contribution in [1.82, 2.24) is 4.98 Å². The third-order valence-electron chi connectivity index (χ3n) is 3.61. The fourth-order valence-corrected chi connectivity index (χ4v) is 2.35. The van der Waals surface area contributed by atoms with E-state index in [1.165, 1.54) is 0 Å². The van der Waals surface area contributed by atoms with Crippen LogP contribution in [0.25, 0.3) is 10.9 Å². The van der Waals surface area contributed by atoms with Gasteiger partial charge < -0.3 is 9.47 Å². The average molecular weight is 289 g/mol. The molecule has 0 saturated heterocycles. The fourth-order valence-electron chi connectivity index (χ4n) is 2.35. The highest BCUT2D eigenvalue weighted by Crippen LogP contribution is 2.31. The molecule has 0 spiro atoms. The number of hydrogen-bond donors (Lipinski definition) is 0. The molecule has 0 bridgehead atoms. The zero-order valence-corrected chi connectivity index (χ0v) is 11.5. The number of hydrogen-bond acceptors (Lipinski definition) is 4. The van der Waals surface area contributed by atoms with Gasteiger partial charge in [0, 0.05) is 11.6 Å². The Bertz CT molecular complexity index is 635. The molecule has 2 aromatic rings. The minimum atomic E-state index is -0.845. The molecule has 1 heterocycles. The number of pyridine rings is 1. The molecule has 5 heteroatoms. The summed E-state index contributed by atoms with van der Waals surface area (Å²) >= 11 is 0. The van der Waals surface area contributed by atoms with E-state index in [1.807, 2.05) is 24.3 Å². The number of nitrogens with zero attached hydrogens (tertiary/aromatic N) is 1. The topological polar surface area (TPSA) is 48.4 Å². The molecule has 4 nitrogen and oxygen atoms in total. The van der Waals surface area contributed by atoms with Crippen molar-refractivity contribution in [2.45, 2.75) is 19.0 Å². The third kappa shape index (κ3) is 3.12. The molecule has 1 aliphatic carbocycles. The smallest absolute Gasteiger partial charge is 0.309 e. The summed E-state index contributed by atoms with van der Waals surface area (Å²) < 4.78 is 23.4. The van der Waals surface area contributed by atoms with Crippen LogP contribution in [0.15, 0.2) is 36.5 Å². The van der Waals surface area contributed by atoms with Gasteiger partial charge >= 0.3 is 5.97 Å². The maximum atomic E-state index is 12.6. The number of carbonyl (C=O) groups is 1. The predicted molar refractivity (Wildman–Crippen MR) is 75.8 cm³/mol. The van der Waals surface area contributed by atoms with Crippen molar-refractivity contribution in [3.63, 3.8) is 0 Å². The number of carbonyl (C=O) groups excluding carboxylic acids is 1. The number of ether oxygens (including phenoxy) is 2. The van der Waals surface area contributed by atoms with Crippen molar-refractivity contribution >= 4 is 16.9 Å². The number of halogens is 1. The Labute approximate surface area is 121 Å². The molecule has 3 rings (SSSR count). The van der Waals surface area contributed by atoms with E-state index in [4.69, 9.17) is 9.47 Å². The van der Waals surface area contributed by atoms with Crippen LogP contribution in [0.3, 0.4) is 0 Å². The van der Waals surface area contributed by atoms with E-state index in [0.717, 1.165) is 10.9 Å². The summed E-state index contributed by atoms with van der Waals surface area (Å²) in [7, 11) is 0. The number of esters is 1. The maximum Gasteiger partial charge on any atom is 0.309 e. The van der Waals surface area contributed by atoms with Gasteiger partial charge in [-0.05, 0) is 31.0 Å². The number of benzene rings is 1. The highest BCUT2D eigenvalue weighted by Gasteiger charge is 2.35. The summed E-state index contributed by atoms with van der Waals surface area (Å²) in [5.41, 5.74) is 0.857. The summed E-state index contributed by atoms with van der Waals surface area (Å²) in [6.45, 7) is 0.439. The highest BCUT2D eigenvalue weighted by molar-refractivity contribution is 5.84. The van der Waals surface area contributed by atoms with Crippen LogP contribution in [0.5, 0.6) is 5.75 Å². The Kier molecular flexibility index (Phi) is 3.99. The summed E-state index contributed by atoms with van der Waals surface area (Å²) in [5.74, 6) is 0.109. The molecule has 0 radical (unpaired) electrons. The fraction of sp³-hybridized carbons (Fsp3) is 0.375. The van der Waals surface area contributed by atoms with Crippen molar-refractivity contribution in [2.75, 3.05) is 13.2 Å². The van der Waals surface area contributed by atoms with Crippen molar-refractivity contribution in [2.24, 2.45) is 5.92 Å². The lowest BCUT2D eigenvalue weighted by atomic mass is 9.84. The van der Waals surface area contributed by atoms with Crippen molar-refractivity contribution in [1.29, 1.82) is 0 Å². The quantitative estimate of drug-likeness (QED) is 0.627. The zero-order chi connectivity index (χ0) is 14.7. The Morgan fingerprint density at radius 3 is 2.86 bits per heavy atom. The van der Waals surface area contributed by atoms with Crippen LogP contribution in [0.1, 0.15) is 12.8 Å². The molecule has 0 N–H and O–H groups in total. The van der Waals surface area contributed by atoms with E-state index >= 15 is 0 Å². The number of alkyl halides is 1. The highest BCUT2D eigenvalue weighted by atomic mass is 19.1. The molecule has 0 aliphatic heterocycles. The minimum Gasteiger partial charge on any atom is -0.489 e. The first-order valence-electron chi connectivity index (χ1n) is 7.01. The van der Waals surface area contributed by atoms with Crippen molar-refractivity contribution < 1.29 is 18.7 Å². The number of fused-ring (bicyclic) bond motifs is 1. The Balaban J connectivity index is 1.49. The van der Waals surface area contributed by atoms with Gasteiger partial charge in [-0.25, -0.2) is 4.39 Å². The molecule has 1 saturated carbocycles. The van der Waals surface area contributed by atoms with Crippen molar-refractivity contribution in [3.05, 3.63) is 36.5 Å². The third-order valence-corrected chi connectivity index (χ3v) is 3.61. The second-order valence-corrected chi connectivity index (χ2v) is 5.11. The summed E-state index contributed by atoms with van der Waals surface area (Å²) in [5, 5.41) is 0.922. The lowest BCUT2D eigenvalue weighted by molar-refractivity contribution is -0.154. The number of rotatable bonds is 5. The molecule has 1 aliphatic rings. The van der Waals surface area contributed by atoms with Gasteiger partial charge in [-0.2, -0.15) is 0 Å². The second kappa shape index (κ2) is 6.08. The Hall–Kier alpha value is -2.17. The van der Waals surface area contributed by atoms with Crippen LogP contribution in [0.2, 0.25) is 0 Å². The van der Waals surface area contributed by atoms with Gasteiger partial charge in [0.2, 0.25) is 0 Å². The van der Waals surface area contributed by atoms with Crippen LogP contribution in [-0.4, -0.2) is 30.3 Å². The van der Waals surface area contributed by atoms with Gasteiger partial charge in [-0.3, -0.25) is 9.78 Å². The first-order chi connectivity index (χ1) is 10.2. The van der Waals surface area contributed by atoms with Crippen LogP contribution >= 0.6 is 0 Å². The normalized spacial score (nSPS) is 20.8. The van der Waals surface area contributed by atoms with E-state index < -0.39 is 6.17 Å². The molecule has 21 heavy (non-hydrogen) atoms. The number of para-hydroxylation sites is 1. The van der Waals surface area contributed by atoms with Gasteiger partial charge in [-0.15, -0.1) is 0 Å². The molecular weight excluding hydrogens is 273 g/mol. The SMILES string of the molecule is O=C(OCCOc1ccnc2ccccc12)C1CC(F)C1. The zero-order valence-electron chi connectivity index (χ0n) is 11.5. The molecule has 0 unspecified atom stereocenters.